The second kappa shape index (κ2) is 8.19. The van der Waals surface area contributed by atoms with Crippen molar-refractivity contribution in [2.45, 2.75) is 45.4 Å². The first-order chi connectivity index (χ1) is 8.95. The van der Waals surface area contributed by atoms with E-state index in [1.807, 2.05) is 0 Å². The molecular weight excluding hydrogens is 262 g/mol. The van der Waals surface area contributed by atoms with Crippen LogP contribution in [0.15, 0.2) is 0 Å². The van der Waals surface area contributed by atoms with Gasteiger partial charge in [-0.15, -0.1) is 0 Å². The van der Waals surface area contributed by atoms with Crippen molar-refractivity contribution in [1.29, 1.82) is 0 Å². The molecule has 1 aliphatic carbocycles. The van der Waals surface area contributed by atoms with Crippen molar-refractivity contribution in [2.75, 3.05) is 26.7 Å². The molecule has 0 atom stereocenters. The van der Waals surface area contributed by atoms with Crippen LogP contribution < -0.4 is 10.5 Å². The van der Waals surface area contributed by atoms with Crippen LogP contribution in [0.2, 0.25) is 0 Å². The molecule has 0 unspecified atom stereocenters. The van der Waals surface area contributed by atoms with Gasteiger partial charge in [-0.1, -0.05) is 32.6 Å². The summed E-state index contributed by atoms with van der Waals surface area (Å²) in [7, 11) is -1.72. The first-order valence-corrected chi connectivity index (χ1v) is 8.80. The van der Waals surface area contributed by atoms with Crippen LogP contribution in [-0.2, 0) is 10.2 Å². The van der Waals surface area contributed by atoms with Gasteiger partial charge in [-0.2, -0.15) is 12.7 Å². The first-order valence-electron chi connectivity index (χ1n) is 7.36. The molecule has 1 aliphatic rings. The molecule has 5 nitrogen and oxygen atoms in total. The Bertz CT molecular complexity index is 338. The Balaban J connectivity index is 2.23. The summed E-state index contributed by atoms with van der Waals surface area (Å²) in [6, 6.07) is 0. The van der Waals surface area contributed by atoms with Crippen LogP contribution in [0.5, 0.6) is 0 Å². The van der Waals surface area contributed by atoms with Crippen molar-refractivity contribution in [3.63, 3.8) is 0 Å². The summed E-state index contributed by atoms with van der Waals surface area (Å²) in [4.78, 5) is 0. The second-order valence-corrected chi connectivity index (χ2v) is 7.64. The average molecular weight is 291 g/mol. The molecule has 0 aromatic heterocycles. The predicted molar refractivity (Wildman–Crippen MR) is 79.0 cm³/mol. The smallest absolute Gasteiger partial charge is 0.279 e. The Labute approximate surface area is 118 Å². The van der Waals surface area contributed by atoms with Crippen LogP contribution in [0.4, 0.5) is 0 Å². The fraction of sp³-hybridized carbons (Fsp3) is 1.00. The van der Waals surface area contributed by atoms with E-state index in [2.05, 4.69) is 11.6 Å². The Morgan fingerprint density at radius 3 is 2.47 bits per heavy atom. The van der Waals surface area contributed by atoms with E-state index in [4.69, 9.17) is 5.73 Å². The van der Waals surface area contributed by atoms with Gasteiger partial charge in [0.15, 0.2) is 0 Å². The molecule has 3 N–H and O–H groups in total. The summed E-state index contributed by atoms with van der Waals surface area (Å²) in [6.45, 7) is 3.84. The van der Waals surface area contributed by atoms with Crippen LogP contribution in [0.1, 0.15) is 45.4 Å². The van der Waals surface area contributed by atoms with E-state index in [1.165, 1.54) is 30.0 Å². The lowest BCUT2D eigenvalue weighted by atomic mass is 9.81. The Hall–Kier alpha value is -0.170. The molecule has 1 fully saturated rings. The third-order valence-corrected chi connectivity index (χ3v) is 5.63. The van der Waals surface area contributed by atoms with Gasteiger partial charge in [0.25, 0.3) is 10.2 Å². The van der Waals surface area contributed by atoms with Gasteiger partial charge >= 0.3 is 0 Å². The van der Waals surface area contributed by atoms with Crippen molar-refractivity contribution < 1.29 is 8.42 Å². The monoisotopic (exact) mass is 291 g/mol. The minimum absolute atomic E-state index is 0.479. The second-order valence-electron chi connectivity index (χ2n) is 5.78. The van der Waals surface area contributed by atoms with Gasteiger partial charge < -0.3 is 5.73 Å². The Kier molecular flexibility index (Phi) is 7.28. The zero-order valence-electron chi connectivity index (χ0n) is 12.3. The summed E-state index contributed by atoms with van der Waals surface area (Å²) in [5, 5.41) is 0. The maximum absolute atomic E-state index is 11.9. The van der Waals surface area contributed by atoms with E-state index in [-0.39, 0.29) is 0 Å². The van der Waals surface area contributed by atoms with Gasteiger partial charge in [0.2, 0.25) is 0 Å². The highest BCUT2D eigenvalue weighted by atomic mass is 32.2. The van der Waals surface area contributed by atoms with Crippen molar-refractivity contribution >= 4 is 10.2 Å². The number of nitrogens with one attached hydrogen (secondary N) is 1. The number of nitrogens with two attached hydrogens (primary N) is 1. The van der Waals surface area contributed by atoms with E-state index >= 15 is 0 Å². The molecule has 114 valence electrons. The minimum Gasteiger partial charge on any atom is -0.330 e. The fourth-order valence-corrected chi connectivity index (χ4v) is 3.52. The highest BCUT2D eigenvalue weighted by Crippen LogP contribution is 2.29. The maximum atomic E-state index is 11.9. The largest absolute Gasteiger partial charge is 0.330 e. The van der Waals surface area contributed by atoms with E-state index in [0.717, 1.165) is 12.3 Å². The molecule has 0 aromatic carbocycles. The molecule has 0 saturated heterocycles. The summed E-state index contributed by atoms with van der Waals surface area (Å²) in [5.41, 5.74) is 5.39. The quantitative estimate of drug-likeness (QED) is 0.708. The number of hydrogen-bond donors (Lipinski definition) is 2. The lowest BCUT2D eigenvalue weighted by Gasteiger charge is -2.26. The highest BCUT2D eigenvalue weighted by molar-refractivity contribution is 7.87. The van der Waals surface area contributed by atoms with Crippen LogP contribution in [0.3, 0.4) is 0 Å². The Morgan fingerprint density at radius 1 is 1.26 bits per heavy atom. The van der Waals surface area contributed by atoms with Crippen molar-refractivity contribution in [3.05, 3.63) is 0 Å². The molecule has 0 heterocycles. The zero-order valence-corrected chi connectivity index (χ0v) is 13.1. The first kappa shape index (κ1) is 16.9. The van der Waals surface area contributed by atoms with Gasteiger partial charge in [0.05, 0.1) is 0 Å². The Morgan fingerprint density at radius 2 is 1.89 bits per heavy atom. The molecule has 6 heteroatoms. The van der Waals surface area contributed by atoms with Crippen molar-refractivity contribution in [2.24, 2.45) is 17.6 Å². The molecule has 0 spiro atoms. The molecule has 0 aliphatic heterocycles. The summed E-state index contributed by atoms with van der Waals surface area (Å²) in [5.74, 6) is 1.53. The van der Waals surface area contributed by atoms with E-state index in [1.54, 1.807) is 7.05 Å². The maximum Gasteiger partial charge on any atom is 0.279 e. The SMILES string of the molecule is CC1CCC(CCNS(=O)(=O)N(C)CCCN)CC1. The summed E-state index contributed by atoms with van der Waals surface area (Å²) < 4.78 is 27.8. The van der Waals surface area contributed by atoms with Crippen LogP contribution in [0.25, 0.3) is 0 Å². The number of rotatable bonds is 8. The highest BCUT2D eigenvalue weighted by Gasteiger charge is 2.20. The lowest BCUT2D eigenvalue weighted by molar-refractivity contribution is 0.278. The molecule has 19 heavy (non-hydrogen) atoms. The van der Waals surface area contributed by atoms with Crippen LogP contribution >= 0.6 is 0 Å². The third kappa shape index (κ3) is 6.21. The topological polar surface area (TPSA) is 75.4 Å². The number of nitrogens with zero attached hydrogens (tertiary/aromatic N) is 1. The summed E-state index contributed by atoms with van der Waals surface area (Å²) in [6.07, 6.45) is 6.70. The molecule has 1 rings (SSSR count). The third-order valence-electron chi connectivity index (χ3n) is 4.06. The molecule has 0 radical (unpaired) electrons. The standard InChI is InChI=1S/C13H29N3O2S/c1-12-4-6-13(7-5-12)8-10-15-19(17,18)16(2)11-3-9-14/h12-13,15H,3-11,14H2,1-2H3. The van der Waals surface area contributed by atoms with Gasteiger partial charge in [-0.3, -0.25) is 0 Å². The van der Waals surface area contributed by atoms with Crippen molar-refractivity contribution in [3.8, 4) is 0 Å². The van der Waals surface area contributed by atoms with E-state index in [9.17, 15) is 8.42 Å². The lowest BCUT2D eigenvalue weighted by Crippen LogP contribution is -2.40. The van der Waals surface area contributed by atoms with Crippen LogP contribution in [0, 0.1) is 11.8 Å². The van der Waals surface area contributed by atoms with Gasteiger partial charge in [-0.25, -0.2) is 4.72 Å². The molecular formula is C13H29N3O2S. The summed E-state index contributed by atoms with van der Waals surface area (Å²) >= 11 is 0. The average Bonchev–Trinajstić information content (AvgIpc) is 2.38. The van der Waals surface area contributed by atoms with Gasteiger partial charge in [-0.05, 0) is 31.2 Å². The molecule has 0 bridgehead atoms. The fourth-order valence-electron chi connectivity index (χ4n) is 2.55. The predicted octanol–water partition coefficient (Wildman–Crippen LogP) is 1.32. The van der Waals surface area contributed by atoms with Gasteiger partial charge in [0.1, 0.15) is 0 Å². The minimum atomic E-state index is -3.32. The zero-order chi connectivity index (χ0) is 14.3. The van der Waals surface area contributed by atoms with E-state index < -0.39 is 10.2 Å². The van der Waals surface area contributed by atoms with Crippen LogP contribution in [-0.4, -0.2) is 39.4 Å². The van der Waals surface area contributed by atoms with E-state index in [0.29, 0.717) is 32.0 Å². The number of hydrogen-bond acceptors (Lipinski definition) is 3. The molecule has 0 aromatic rings. The van der Waals surface area contributed by atoms with Gasteiger partial charge in [0, 0.05) is 20.1 Å². The normalized spacial score (nSPS) is 24.8. The molecule has 1 saturated carbocycles. The molecule has 0 amide bonds. The van der Waals surface area contributed by atoms with Crippen molar-refractivity contribution in [1.82, 2.24) is 9.03 Å².